The molecule has 0 aliphatic heterocycles. The van der Waals surface area contributed by atoms with Gasteiger partial charge in [0.25, 0.3) is 0 Å². The second kappa shape index (κ2) is 9.12. The van der Waals surface area contributed by atoms with E-state index >= 15 is 0 Å². The van der Waals surface area contributed by atoms with Gasteiger partial charge in [-0.2, -0.15) is 0 Å². The number of guanidine groups is 1. The van der Waals surface area contributed by atoms with Crippen molar-refractivity contribution in [1.29, 1.82) is 0 Å². The fourth-order valence-electron chi connectivity index (χ4n) is 2.36. The Hall–Kier alpha value is -0.980. The molecule has 0 amide bonds. The fourth-order valence-corrected chi connectivity index (χ4v) is 2.36. The first kappa shape index (κ1) is 20.0. The van der Waals surface area contributed by atoms with Crippen molar-refractivity contribution in [2.45, 2.75) is 34.1 Å². The van der Waals surface area contributed by atoms with Crippen LogP contribution in [0.1, 0.15) is 34.1 Å². The maximum absolute atomic E-state index is 5.93. The van der Waals surface area contributed by atoms with Crippen LogP contribution in [0.15, 0.2) is 29.3 Å². The summed E-state index contributed by atoms with van der Waals surface area (Å²) in [5.74, 6) is 1.89. The van der Waals surface area contributed by atoms with Gasteiger partial charge in [-0.3, -0.25) is 4.99 Å². The summed E-state index contributed by atoms with van der Waals surface area (Å²) in [6.45, 7) is 9.60. The Morgan fingerprint density at radius 1 is 1.38 bits per heavy atom. The zero-order valence-electron chi connectivity index (χ0n) is 13.6. The summed E-state index contributed by atoms with van der Waals surface area (Å²) < 4.78 is 5.17. The van der Waals surface area contributed by atoms with Gasteiger partial charge in [-0.05, 0) is 29.9 Å². The van der Waals surface area contributed by atoms with Crippen molar-refractivity contribution < 1.29 is 4.74 Å². The lowest BCUT2D eigenvalue weighted by Crippen LogP contribution is -2.26. The number of nitrogens with one attached hydrogen (secondary N) is 1. The summed E-state index contributed by atoms with van der Waals surface area (Å²) in [4.78, 5) is 4.44. The number of hydrogen-bond acceptors (Lipinski definition) is 2. The predicted octanol–water partition coefficient (Wildman–Crippen LogP) is 4.11. The molecule has 1 aromatic carbocycles. The molecule has 1 rings (SSSR count). The lowest BCUT2D eigenvalue weighted by atomic mass is 9.84. The molecule has 1 aromatic rings. The number of nitrogens with two attached hydrogens (primary N) is 1. The standard InChI is InChI=1S/C16H27N3O.HI/c1-12(2)10-16(3,4)11-18-15(17)19-13-7-6-8-14(9-13)20-5;/h6-9,12H,10-11H2,1-5H3,(H3,17,18,19);1H. The maximum atomic E-state index is 5.93. The van der Waals surface area contributed by atoms with Gasteiger partial charge < -0.3 is 15.8 Å². The number of hydrogen-bond donors (Lipinski definition) is 2. The molecule has 5 heteroatoms. The summed E-state index contributed by atoms with van der Waals surface area (Å²) in [5.41, 5.74) is 6.98. The molecule has 21 heavy (non-hydrogen) atoms. The highest BCUT2D eigenvalue weighted by Crippen LogP contribution is 2.25. The number of halogens is 1. The molecule has 0 saturated carbocycles. The van der Waals surface area contributed by atoms with Gasteiger partial charge in [0.1, 0.15) is 5.75 Å². The molecular weight excluding hydrogens is 377 g/mol. The first-order valence-corrected chi connectivity index (χ1v) is 7.03. The van der Waals surface area contributed by atoms with Crippen LogP contribution in [0.5, 0.6) is 5.75 Å². The van der Waals surface area contributed by atoms with Gasteiger partial charge in [-0.1, -0.05) is 33.8 Å². The van der Waals surface area contributed by atoms with Crippen molar-refractivity contribution in [3.63, 3.8) is 0 Å². The van der Waals surface area contributed by atoms with E-state index in [9.17, 15) is 0 Å². The average Bonchev–Trinajstić information content (AvgIpc) is 2.35. The zero-order chi connectivity index (χ0) is 15.2. The fraction of sp³-hybridized carbons (Fsp3) is 0.562. The Labute approximate surface area is 145 Å². The number of anilines is 1. The highest BCUT2D eigenvalue weighted by molar-refractivity contribution is 14.0. The zero-order valence-corrected chi connectivity index (χ0v) is 16.0. The third-order valence-electron chi connectivity index (χ3n) is 2.98. The summed E-state index contributed by atoms with van der Waals surface area (Å²) in [7, 11) is 1.64. The third-order valence-corrected chi connectivity index (χ3v) is 2.98. The Morgan fingerprint density at radius 2 is 2.05 bits per heavy atom. The number of ether oxygens (including phenoxy) is 1. The molecule has 0 aromatic heterocycles. The highest BCUT2D eigenvalue weighted by Gasteiger charge is 2.18. The Balaban J connectivity index is 0.00000400. The molecule has 0 heterocycles. The summed E-state index contributed by atoms with van der Waals surface area (Å²) in [6.07, 6.45) is 1.13. The number of nitrogens with zero attached hydrogens (tertiary/aromatic N) is 1. The number of aliphatic imine (C=N–C) groups is 1. The van der Waals surface area contributed by atoms with Crippen molar-refractivity contribution in [3.8, 4) is 5.75 Å². The predicted molar refractivity (Wildman–Crippen MR) is 102 cm³/mol. The van der Waals surface area contributed by atoms with Gasteiger partial charge in [0.05, 0.1) is 7.11 Å². The highest BCUT2D eigenvalue weighted by atomic mass is 127. The van der Waals surface area contributed by atoms with Crippen LogP contribution in [0.2, 0.25) is 0 Å². The van der Waals surface area contributed by atoms with E-state index in [1.165, 1.54) is 0 Å². The van der Waals surface area contributed by atoms with E-state index in [2.05, 4.69) is 38.0 Å². The Bertz CT molecular complexity index is 459. The molecule has 3 N–H and O–H groups in total. The molecule has 120 valence electrons. The van der Waals surface area contributed by atoms with Gasteiger partial charge in [-0.15, -0.1) is 24.0 Å². The molecular formula is C16H28IN3O. The summed E-state index contributed by atoms with van der Waals surface area (Å²) in [6, 6.07) is 7.63. The second-order valence-electron chi connectivity index (χ2n) is 6.32. The van der Waals surface area contributed by atoms with Crippen LogP contribution in [0.3, 0.4) is 0 Å². The van der Waals surface area contributed by atoms with Crippen LogP contribution in [0.25, 0.3) is 0 Å². The molecule has 0 atom stereocenters. The van der Waals surface area contributed by atoms with E-state index in [-0.39, 0.29) is 29.4 Å². The third kappa shape index (κ3) is 8.14. The van der Waals surface area contributed by atoms with Gasteiger partial charge in [-0.25, -0.2) is 0 Å². The van der Waals surface area contributed by atoms with E-state index < -0.39 is 0 Å². The van der Waals surface area contributed by atoms with Crippen LogP contribution in [0.4, 0.5) is 5.69 Å². The monoisotopic (exact) mass is 405 g/mol. The van der Waals surface area contributed by atoms with E-state index in [0.717, 1.165) is 17.9 Å². The van der Waals surface area contributed by atoms with E-state index in [1.807, 2.05) is 24.3 Å². The summed E-state index contributed by atoms with van der Waals surface area (Å²) in [5, 5.41) is 3.09. The van der Waals surface area contributed by atoms with Crippen molar-refractivity contribution in [1.82, 2.24) is 0 Å². The first-order chi connectivity index (χ1) is 9.32. The minimum Gasteiger partial charge on any atom is -0.497 e. The van der Waals surface area contributed by atoms with Gasteiger partial charge in [0, 0.05) is 18.3 Å². The van der Waals surface area contributed by atoms with Gasteiger partial charge in [0.15, 0.2) is 5.96 Å². The molecule has 0 spiro atoms. The largest absolute Gasteiger partial charge is 0.497 e. The minimum atomic E-state index is 0. The lowest BCUT2D eigenvalue weighted by Gasteiger charge is -2.24. The Morgan fingerprint density at radius 3 is 2.62 bits per heavy atom. The molecule has 0 bridgehead atoms. The van der Waals surface area contributed by atoms with Crippen LogP contribution in [-0.4, -0.2) is 19.6 Å². The van der Waals surface area contributed by atoms with E-state index in [0.29, 0.717) is 18.4 Å². The maximum Gasteiger partial charge on any atom is 0.193 e. The lowest BCUT2D eigenvalue weighted by molar-refractivity contribution is 0.298. The minimum absolute atomic E-state index is 0. The second-order valence-corrected chi connectivity index (χ2v) is 6.32. The Kier molecular flexibility index (Phi) is 8.70. The number of benzene rings is 1. The number of methoxy groups -OCH3 is 1. The topological polar surface area (TPSA) is 59.6 Å². The van der Waals surface area contributed by atoms with Crippen LogP contribution < -0.4 is 15.8 Å². The van der Waals surface area contributed by atoms with Crippen LogP contribution >= 0.6 is 24.0 Å². The molecule has 0 aliphatic carbocycles. The van der Waals surface area contributed by atoms with Crippen LogP contribution in [-0.2, 0) is 0 Å². The molecule has 0 aliphatic rings. The molecule has 4 nitrogen and oxygen atoms in total. The van der Waals surface area contributed by atoms with Crippen molar-refractivity contribution in [3.05, 3.63) is 24.3 Å². The van der Waals surface area contributed by atoms with Crippen molar-refractivity contribution >= 4 is 35.6 Å². The average molecular weight is 405 g/mol. The molecule has 0 fully saturated rings. The summed E-state index contributed by atoms with van der Waals surface area (Å²) >= 11 is 0. The molecule has 0 unspecified atom stereocenters. The SMILES string of the molecule is COc1cccc(NC(N)=NCC(C)(C)CC(C)C)c1.I. The number of rotatable bonds is 6. The molecule has 0 radical (unpaired) electrons. The van der Waals surface area contributed by atoms with E-state index in [4.69, 9.17) is 10.5 Å². The van der Waals surface area contributed by atoms with Crippen LogP contribution in [0, 0.1) is 11.3 Å². The normalized spacial score (nSPS) is 12.0. The van der Waals surface area contributed by atoms with E-state index in [1.54, 1.807) is 7.11 Å². The smallest absolute Gasteiger partial charge is 0.193 e. The van der Waals surface area contributed by atoms with Crippen molar-refractivity contribution in [2.75, 3.05) is 19.0 Å². The quantitative estimate of drug-likeness (QED) is 0.426. The molecule has 0 saturated heterocycles. The first-order valence-electron chi connectivity index (χ1n) is 7.03. The van der Waals surface area contributed by atoms with Gasteiger partial charge >= 0.3 is 0 Å². The van der Waals surface area contributed by atoms with Gasteiger partial charge in [0.2, 0.25) is 0 Å². The van der Waals surface area contributed by atoms with Crippen molar-refractivity contribution in [2.24, 2.45) is 22.1 Å².